The molecule has 31 heavy (non-hydrogen) atoms. The van der Waals surface area contributed by atoms with Gasteiger partial charge in [-0.15, -0.1) is 5.10 Å². The molecule has 0 radical (unpaired) electrons. The van der Waals surface area contributed by atoms with Gasteiger partial charge in [0, 0.05) is 25.5 Å². The van der Waals surface area contributed by atoms with Gasteiger partial charge in [-0.25, -0.2) is 9.55 Å². The minimum atomic E-state index is -0.323. The summed E-state index contributed by atoms with van der Waals surface area (Å²) >= 11 is 0. The number of pyridine rings is 3. The zero-order valence-corrected chi connectivity index (χ0v) is 17.5. The Balaban J connectivity index is 1.66. The van der Waals surface area contributed by atoms with Crippen LogP contribution in [0, 0.1) is 5.92 Å². The van der Waals surface area contributed by atoms with Crippen LogP contribution in [-0.4, -0.2) is 36.4 Å². The second-order valence-corrected chi connectivity index (χ2v) is 8.22. The van der Waals surface area contributed by atoms with Crippen molar-refractivity contribution >= 4 is 21.8 Å². The fraction of sp³-hybridized carbons (Fsp3) is 0.409. The molecule has 5 rings (SSSR count). The van der Waals surface area contributed by atoms with E-state index in [-0.39, 0.29) is 29.7 Å². The highest BCUT2D eigenvalue weighted by molar-refractivity contribution is 5.91. The first kappa shape index (κ1) is 19.6. The lowest BCUT2D eigenvalue weighted by Crippen LogP contribution is -2.30. The molecule has 0 bridgehead atoms. The number of nitrogens with zero attached hydrogens (tertiary/aromatic N) is 5. The predicted molar refractivity (Wildman–Crippen MR) is 116 cm³/mol. The molecule has 4 aromatic rings. The van der Waals surface area contributed by atoms with Gasteiger partial charge in [-0.3, -0.25) is 14.7 Å². The van der Waals surface area contributed by atoms with Crippen LogP contribution >= 0.6 is 0 Å². The Kier molecular flexibility index (Phi) is 4.90. The Morgan fingerprint density at radius 1 is 1.06 bits per heavy atom. The zero-order valence-electron chi connectivity index (χ0n) is 17.5. The van der Waals surface area contributed by atoms with Crippen molar-refractivity contribution in [1.29, 1.82) is 0 Å². The Bertz CT molecular complexity index is 1390. The van der Waals surface area contributed by atoms with Gasteiger partial charge < -0.3 is 9.30 Å². The van der Waals surface area contributed by atoms with Crippen molar-refractivity contribution in [2.75, 3.05) is 7.11 Å². The second-order valence-electron chi connectivity index (χ2n) is 8.22. The van der Waals surface area contributed by atoms with E-state index in [9.17, 15) is 9.59 Å². The smallest absolute Gasteiger partial charge is 0.267 e. The van der Waals surface area contributed by atoms with Gasteiger partial charge in [0.1, 0.15) is 6.61 Å². The molecular weight excluding hydrogens is 396 g/mol. The topological polar surface area (TPSA) is 108 Å². The van der Waals surface area contributed by atoms with E-state index in [1.165, 1.54) is 11.0 Å². The fourth-order valence-corrected chi connectivity index (χ4v) is 4.56. The van der Waals surface area contributed by atoms with Crippen molar-refractivity contribution in [3.63, 3.8) is 0 Å². The van der Waals surface area contributed by atoms with Crippen LogP contribution < -0.4 is 11.1 Å². The van der Waals surface area contributed by atoms with Crippen LogP contribution in [0.25, 0.3) is 27.8 Å². The van der Waals surface area contributed by atoms with Gasteiger partial charge in [0.2, 0.25) is 0 Å². The van der Waals surface area contributed by atoms with E-state index in [2.05, 4.69) is 27.1 Å². The summed E-state index contributed by atoms with van der Waals surface area (Å²) in [5.74, 6) is 1.19. The number of hydrogen-bond acceptors (Lipinski definition) is 6. The Morgan fingerprint density at radius 3 is 2.58 bits per heavy atom. The molecule has 0 saturated heterocycles. The lowest BCUT2D eigenvalue weighted by atomic mass is 9.85. The number of fused-ring (bicyclic) bond motifs is 2. The lowest BCUT2D eigenvalue weighted by Gasteiger charge is -2.30. The maximum Gasteiger partial charge on any atom is 0.267 e. The number of methoxy groups -OCH3 is 1. The third-order valence-electron chi connectivity index (χ3n) is 6.21. The number of ether oxygens (including phenoxy) is 1. The summed E-state index contributed by atoms with van der Waals surface area (Å²) < 4.78 is 8.21. The first-order valence-electron chi connectivity index (χ1n) is 10.5. The number of nitrogens with one attached hydrogen (secondary N) is 1. The number of aromatic nitrogens is 6. The van der Waals surface area contributed by atoms with Crippen LogP contribution in [0.1, 0.15) is 44.5 Å². The summed E-state index contributed by atoms with van der Waals surface area (Å²) in [5.41, 5.74) is 0.704. The molecule has 1 N–H and O–H groups in total. The standard InChI is InChI=1S/C22H24N6O3/c1-13-5-3-4-6-18(13)27-9-7-16-14(20(27)29)11-15-17(23-16)8-10-28(21(15)30)22-24-19(12-31-2)25-26-22/h7-11,13,18H,3-6,12H2,1-2H3,(H,24,25,26)/t13-,18-/m0/s1. The van der Waals surface area contributed by atoms with E-state index in [4.69, 9.17) is 4.74 Å². The maximum atomic E-state index is 13.3. The number of aromatic amines is 1. The number of hydrogen-bond donors (Lipinski definition) is 1. The number of H-pyrrole nitrogens is 1. The van der Waals surface area contributed by atoms with Gasteiger partial charge in [0.15, 0.2) is 5.82 Å². The van der Waals surface area contributed by atoms with Gasteiger partial charge in [-0.05, 0) is 37.0 Å². The average Bonchev–Trinajstić information content (AvgIpc) is 3.23. The van der Waals surface area contributed by atoms with Gasteiger partial charge >= 0.3 is 0 Å². The van der Waals surface area contributed by atoms with Crippen LogP contribution in [0.15, 0.2) is 40.2 Å². The third kappa shape index (κ3) is 3.34. The largest absolute Gasteiger partial charge is 0.377 e. The molecule has 1 saturated carbocycles. The van der Waals surface area contributed by atoms with E-state index >= 15 is 0 Å². The van der Waals surface area contributed by atoms with Crippen LogP contribution in [0.4, 0.5) is 0 Å². The van der Waals surface area contributed by atoms with Crippen molar-refractivity contribution in [2.45, 2.75) is 45.3 Å². The number of rotatable bonds is 4. The highest BCUT2D eigenvalue weighted by Crippen LogP contribution is 2.32. The lowest BCUT2D eigenvalue weighted by molar-refractivity contribution is 0.178. The van der Waals surface area contributed by atoms with Crippen molar-refractivity contribution in [3.05, 3.63) is 57.1 Å². The minimum Gasteiger partial charge on any atom is -0.377 e. The molecule has 4 heterocycles. The van der Waals surface area contributed by atoms with Crippen molar-refractivity contribution in [1.82, 2.24) is 29.3 Å². The van der Waals surface area contributed by atoms with E-state index in [1.807, 2.05) is 16.8 Å². The molecule has 1 aliphatic carbocycles. The van der Waals surface area contributed by atoms with Gasteiger partial charge in [-0.2, -0.15) is 4.98 Å². The molecule has 0 unspecified atom stereocenters. The zero-order chi connectivity index (χ0) is 21.5. The molecule has 0 aliphatic heterocycles. The molecule has 1 aliphatic rings. The highest BCUT2D eigenvalue weighted by Gasteiger charge is 2.24. The molecule has 0 aromatic carbocycles. The van der Waals surface area contributed by atoms with E-state index in [0.29, 0.717) is 33.5 Å². The third-order valence-corrected chi connectivity index (χ3v) is 6.21. The molecule has 0 amide bonds. The monoisotopic (exact) mass is 420 g/mol. The minimum absolute atomic E-state index is 0.0965. The summed E-state index contributed by atoms with van der Waals surface area (Å²) in [5, 5.41) is 7.67. The maximum absolute atomic E-state index is 13.3. The summed E-state index contributed by atoms with van der Waals surface area (Å²) in [6.45, 7) is 2.47. The van der Waals surface area contributed by atoms with Crippen molar-refractivity contribution < 1.29 is 4.74 Å². The molecule has 2 atom stereocenters. The van der Waals surface area contributed by atoms with E-state index in [0.717, 1.165) is 19.3 Å². The van der Waals surface area contributed by atoms with Gasteiger partial charge in [0.05, 0.1) is 21.8 Å². The second kappa shape index (κ2) is 7.73. The van der Waals surface area contributed by atoms with Gasteiger partial charge in [0.25, 0.3) is 17.1 Å². The molecule has 4 aromatic heterocycles. The average molecular weight is 420 g/mol. The summed E-state index contributed by atoms with van der Waals surface area (Å²) in [6.07, 6.45) is 7.89. The van der Waals surface area contributed by atoms with Crippen LogP contribution in [-0.2, 0) is 11.3 Å². The molecule has 0 spiro atoms. The van der Waals surface area contributed by atoms with Crippen LogP contribution in [0.2, 0.25) is 0 Å². The van der Waals surface area contributed by atoms with E-state index in [1.54, 1.807) is 25.4 Å². The predicted octanol–water partition coefficient (Wildman–Crippen LogP) is 2.72. The molecule has 1 fully saturated rings. The molecule has 9 heteroatoms. The molecular formula is C22H24N6O3. The first-order chi connectivity index (χ1) is 15.1. The Morgan fingerprint density at radius 2 is 1.81 bits per heavy atom. The normalized spacial score (nSPS) is 19.3. The molecule has 160 valence electrons. The summed E-state index contributed by atoms with van der Waals surface area (Å²) in [6, 6.07) is 5.44. The van der Waals surface area contributed by atoms with Gasteiger partial charge in [-0.1, -0.05) is 19.8 Å². The Hall–Kier alpha value is -3.33. The summed E-state index contributed by atoms with van der Waals surface area (Å²) in [4.78, 5) is 35.4. The van der Waals surface area contributed by atoms with Crippen molar-refractivity contribution in [2.24, 2.45) is 5.92 Å². The summed E-state index contributed by atoms with van der Waals surface area (Å²) in [7, 11) is 1.56. The van der Waals surface area contributed by atoms with Crippen LogP contribution in [0.3, 0.4) is 0 Å². The van der Waals surface area contributed by atoms with Crippen LogP contribution in [0.5, 0.6) is 0 Å². The molecule has 9 nitrogen and oxygen atoms in total. The first-order valence-corrected chi connectivity index (χ1v) is 10.5. The SMILES string of the molecule is COCc1nc(-n2ccc3nc4ccn([C@H]5CCCC[C@@H]5C)c(=O)c4cc3c2=O)n[nH]1. The Labute approximate surface area is 177 Å². The van der Waals surface area contributed by atoms with Crippen molar-refractivity contribution in [3.8, 4) is 5.95 Å². The highest BCUT2D eigenvalue weighted by atomic mass is 16.5. The van der Waals surface area contributed by atoms with E-state index < -0.39 is 0 Å². The fourth-order valence-electron chi connectivity index (χ4n) is 4.56. The quantitative estimate of drug-likeness (QED) is 0.509.